The van der Waals surface area contributed by atoms with Crippen molar-refractivity contribution in [3.05, 3.63) is 60.6 Å². The van der Waals surface area contributed by atoms with Crippen LogP contribution in [0.2, 0.25) is 0 Å². The molecule has 0 fully saturated rings. The minimum atomic E-state index is -4.94. The van der Waals surface area contributed by atoms with Gasteiger partial charge in [0.15, 0.2) is 16.7 Å². The number of ether oxygens (including phenoxy) is 1. The minimum absolute atomic E-state index is 0.191. The Morgan fingerprint density at radius 2 is 1.93 bits per heavy atom. The van der Waals surface area contributed by atoms with E-state index in [0.29, 0.717) is 32.9 Å². The summed E-state index contributed by atoms with van der Waals surface area (Å²) in [5.74, 6) is -0.511. The van der Waals surface area contributed by atoms with Crippen molar-refractivity contribution in [2.24, 2.45) is 0 Å². The zero-order valence-corrected chi connectivity index (χ0v) is 16.4. The van der Waals surface area contributed by atoms with E-state index in [9.17, 15) is 18.0 Å². The van der Waals surface area contributed by atoms with E-state index >= 15 is 0 Å². The van der Waals surface area contributed by atoms with Crippen molar-refractivity contribution in [2.75, 3.05) is 19.1 Å². The number of aromatic nitrogens is 3. The van der Waals surface area contributed by atoms with Crippen LogP contribution in [0.5, 0.6) is 5.75 Å². The summed E-state index contributed by atoms with van der Waals surface area (Å²) in [7, 11) is 2.65. The van der Waals surface area contributed by atoms with Crippen molar-refractivity contribution in [1.29, 1.82) is 0 Å². The Kier molecular flexibility index (Phi) is 6.12. The molecule has 29 heavy (non-hydrogen) atoms. The largest absolute Gasteiger partial charge is 0.493 e. The number of carbonyl (C=O) groups is 1. The summed E-state index contributed by atoms with van der Waals surface area (Å²) >= 11 is 1.31. The fraction of sp³-hybridized carbons (Fsp3) is 0.211. The van der Waals surface area contributed by atoms with Crippen LogP contribution in [0.4, 0.5) is 18.9 Å². The van der Waals surface area contributed by atoms with Gasteiger partial charge in [-0.25, -0.2) is 9.97 Å². The van der Waals surface area contributed by atoms with Crippen LogP contribution < -0.4 is 9.64 Å². The fourth-order valence-electron chi connectivity index (χ4n) is 2.68. The number of benzene rings is 1. The third-order valence-electron chi connectivity index (χ3n) is 4.06. The maximum absolute atomic E-state index is 12.8. The molecule has 2 aromatic heterocycles. The molecule has 0 aliphatic rings. The normalized spacial score (nSPS) is 11.3. The number of pyridine rings is 1. The topological polar surface area (TPSA) is 60.2 Å². The number of methoxy groups -OCH3 is 1. The zero-order valence-electron chi connectivity index (χ0n) is 15.6. The summed E-state index contributed by atoms with van der Waals surface area (Å²) in [5.41, 5.74) is 0.760. The van der Waals surface area contributed by atoms with Crippen LogP contribution in [0, 0.1) is 0 Å². The number of thioether (sulfide) groups is 1. The van der Waals surface area contributed by atoms with E-state index in [-0.39, 0.29) is 5.69 Å². The smallest absolute Gasteiger partial charge is 0.471 e. The monoisotopic (exact) mass is 422 g/mol. The molecule has 10 heteroatoms. The second kappa shape index (κ2) is 8.56. The van der Waals surface area contributed by atoms with Gasteiger partial charge in [-0.05, 0) is 23.8 Å². The molecule has 6 nitrogen and oxygen atoms in total. The summed E-state index contributed by atoms with van der Waals surface area (Å²) in [5, 5.41) is 0.585. The standard InChI is InChI=1S/C19H17F3N4O2S/c1-25(17(27)19(20,21)22)14-7-4-3-6-13(14)12-29-18-24-10-11-26(18)16-15(28-2)8-5-9-23-16/h3-11H,12H2,1-2H3. The molecule has 1 amide bonds. The van der Waals surface area contributed by atoms with Crippen molar-refractivity contribution in [2.45, 2.75) is 17.1 Å². The molecule has 0 N–H and O–H groups in total. The van der Waals surface area contributed by atoms with Gasteiger partial charge in [0.25, 0.3) is 0 Å². The van der Waals surface area contributed by atoms with Crippen LogP contribution in [0.1, 0.15) is 5.56 Å². The van der Waals surface area contributed by atoms with Gasteiger partial charge in [-0.3, -0.25) is 9.36 Å². The Balaban J connectivity index is 1.84. The average Bonchev–Trinajstić information content (AvgIpc) is 3.19. The maximum atomic E-state index is 12.8. The molecule has 0 bridgehead atoms. The second-order valence-electron chi connectivity index (χ2n) is 5.89. The number of halogens is 3. The number of nitrogens with zero attached hydrogens (tertiary/aromatic N) is 4. The lowest BCUT2D eigenvalue weighted by atomic mass is 10.2. The summed E-state index contributed by atoms with van der Waals surface area (Å²) in [6.45, 7) is 0. The first-order valence-corrected chi connectivity index (χ1v) is 9.39. The Labute approximate surface area is 169 Å². The highest BCUT2D eigenvalue weighted by Gasteiger charge is 2.42. The molecule has 152 valence electrons. The van der Waals surface area contributed by atoms with Crippen molar-refractivity contribution < 1.29 is 22.7 Å². The van der Waals surface area contributed by atoms with Crippen molar-refractivity contribution in [3.8, 4) is 11.6 Å². The van der Waals surface area contributed by atoms with Gasteiger partial charge in [0, 0.05) is 37.1 Å². The first-order valence-electron chi connectivity index (χ1n) is 8.41. The predicted octanol–water partition coefficient (Wildman–Crippen LogP) is 4.09. The van der Waals surface area contributed by atoms with Gasteiger partial charge in [0.05, 0.1) is 7.11 Å². The van der Waals surface area contributed by atoms with Gasteiger partial charge >= 0.3 is 12.1 Å². The maximum Gasteiger partial charge on any atom is 0.471 e. The highest BCUT2D eigenvalue weighted by molar-refractivity contribution is 7.98. The van der Waals surface area contributed by atoms with E-state index in [1.807, 2.05) is 0 Å². The molecule has 3 aromatic rings. The quantitative estimate of drug-likeness (QED) is 0.560. The van der Waals surface area contributed by atoms with Crippen molar-refractivity contribution in [1.82, 2.24) is 14.5 Å². The second-order valence-corrected chi connectivity index (χ2v) is 6.83. The number of para-hydroxylation sites is 1. The number of amides is 1. The van der Waals surface area contributed by atoms with E-state index < -0.39 is 12.1 Å². The number of alkyl halides is 3. The molecule has 0 aliphatic carbocycles. The first kappa shape index (κ1) is 20.7. The molecule has 0 atom stereocenters. The summed E-state index contributed by atoms with van der Waals surface area (Å²) < 4.78 is 45.5. The molecule has 1 aromatic carbocycles. The number of hydrogen-bond acceptors (Lipinski definition) is 5. The lowest BCUT2D eigenvalue weighted by molar-refractivity contribution is -0.170. The van der Waals surface area contributed by atoms with Gasteiger partial charge in [0.2, 0.25) is 0 Å². The van der Waals surface area contributed by atoms with E-state index in [1.54, 1.807) is 53.5 Å². The predicted molar refractivity (Wildman–Crippen MR) is 103 cm³/mol. The Bertz CT molecular complexity index is 1010. The molecule has 0 radical (unpaired) electrons. The number of carbonyl (C=O) groups excluding carboxylic acids is 1. The Morgan fingerprint density at radius 3 is 2.66 bits per heavy atom. The van der Waals surface area contributed by atoms with E-state index in [4.69, 9.17) is 4.74 Å². The Hall–Kier alpha value is -3.01. The number of imidazole rings is 1. The number of anilines is 1. The third kappa shape index (κ3) is 4.53. The SMILES string of the molecule is COc1cccnc1-n1ccnc1SCc1ccccc1N(C)C(=O)C(F)(F)F. The highest BCUT2D eigenvalue weighted by Crippen LogP contribution is 2.31. The van der Waals surface area contributed by atoms with Crippen LogP contribution >= 0.6 is 11.8 Å². The van der Waals surface area contributed by atoms with Crippen molar-refractivity contribution in [3.63, 3.8) is 0 Å². The van der Waals surface area contributed by atoms with Gasteiger partial charge in [-0.1, -0.05) is 30.0 Å². The van der Waals surface area contributed by atoms with Gasteiger partial charge < -0.3 is 9.64 Å². The molecule has 0 aliphatic heterocycles. The minimum Gasteiger partial charge on any atom is -0.493 e. The lowest BCUT2D eigenvalue weighted by Gasteiger charge is -2.21. The molecule has 0 saturated heterocycles. The van der Waals surface area contributed by atoms with Gasteiger partial charge in [-0.2, -0.15) is 13.2 Å². The molecule has 3 rings (SSSR count). The average molecular weight is 422 g/mol. The molecule has 2 heterocycles. The summed E-state index contributed by atoms with van der Waals surface area (Å²) in [6, 6.07) is 9.97. The molecular formula is C19H17F3N4O2S. The Morgan fingerprint density at radius 1 is 1.17 bits per heavy atom. The molecule has 0 spiro atoms. The molecule has 0 unspecified atom stereocenters. The van der Waals surface area contributed by atoms with Crippen molar-refractivity contribution >= 4 is 23.4 Å². The van der Waals surface area contributed by atoms with E-state index in [0.717, 1.165) is 7.05 Å². The lowest BCUT2D eigenvalue weighted by Crippen LogP contribution is -2.38. The fourth-order valence-corrected chi connectivity index (χ4v) is 3.63. The molecule has 0 saturated carbocycles. The zero-order chi connectivity index (χ0) is 21.0. The molecular weight excluding hydrogens is 405 g/mol. The number of hydrogen-bond donors (Lipinski definition) is 0. The van der Waals surface area contributed by atoms with Crippen LogP contribution in [-0.4, -0.2) is 40.8 Å². The summed E-state index contributed by atoms with van der Waals surface area (Å²) in [6.07, 6.45) is 0.000156. The first-order chi connectivity index (χ1) is 13.8. The van der Waals surface area contributed by atoms with Crippen LogP contribution in [0.15, 0.2) is 60.1 Å². The van der Waals surface area contributed by atoms with E-state index in [2.05, 4.69) is 9.97 Å². The van der Waals surface area contributed by atoms with E-state index in [1.165, 1.54) is 24.9 Å². The van der Waals surface area contributed by atoms with Gasteiger partial charge in [-0.15, -0.1) is 0 Å². The highest BCUT2D eigenvalue weighted by atomic mass is 32.2. The van der Waals surface area contributed by atoms with Crippen LogP contribution in [-0.2, 0) is 10.5 Å². The summed E-state index contributed by atoms with van der Waals surface area (Å²) in [4.78, 5) is 20.8. The van der Waals surface area contributed by atoms with Crippen LogP contribution in [0.25, 0.3) is 5.82 Å². The number of rotatable bonds is 6. The van der Waals surface area contributed by atoms with Gasteiger partial charge in [0.1, 0.15) is 0 Å². The van der Waals surface area contributed by atoms with Crippen LogP contribution in [0.3, 0.4) is 0 Å². The third-order valence-corrected chi connectivity index (χ3v) is 5.08.